The summed E-state index contributed by atoms with van der Waals surface area (Å²) in [6.45, 7) is 5.26. The molecule has 0 aromatic heterocycles. The van der Waals surface area contributed by atoms with E-state index >= 15 is 0 Å². The molecule has 0 aliphatic rings. The van der Waals surface area contributed by atoms with Crippen molar-refractivity contribution in [3.05, 3.63) is 12.7 Å². The molecule has 1 amide bonds. The lowest BCUT2D eigenvalue weighted by Crippen LogP contribution is -2.30. The van der Waals surface area contributed by atoms with Gasteiger partial charge in [0.25, 0.3) is 0 Å². The summed E-state index contributed by atoms with van der Waals surface area (Å²) in [7, 11) is 0. The van der Waals surface area contributed by atoms with E-state index in [0.29, 0.717) is 6.42 Å². The highest BCUT2D eigenvalue weighted by atomic mass is 16.4. The SMILES string of the molecule is C=CCC(C)NC(=O)O. The van der Waals surface area contributed by atoms with Crippen LogP contribution in [-0.4, -0.2) is 17.2 Å². The van der Waals surface area contributed by atoms with Gasteiger partial charge >= 0.3 is 6.09 Å². The van der Waals surface area contributed by atoms with Crippen LogP contribution in [0.2, 0.25) is 0 Å². The highest BCUT2D eigenvalue weighted by Gasteiger charge is 2.00. The lowest BCUT2D eigenvalue weighted by molar-refractivity contribution is 0.191. The molecule has 0 rings (SSSR count). The minimum Gasteiger partial charge on any atom is -0.465 e. The van der Waals surface area contributed by atoms with Gasteiger partial charge in [0, 0.05) is 6.04 Å². The van der Waals surface area contributed by atoms with Crippen molar-refractivity contribution in [1.29, 1.82) is 0 Å². The maximum Gasteiger partial charge on any atom is 0.404 e. The summed E-state index contributed by atoms with van der Waals surface area (Å²) >= 11 is 0. The van der Waals surface area contributed by atoms with E-state index in [9.17, 15) is 4.79 Å². The fourth-order valence-electron chi connectivity index (χ4n) is 0.520. The Morgan fingerprint density at radius 1 is 2.00 bits per heavy atom. The van der Waals surface area contributed by atoms with Gasteiger partial charge in [-0.25, -0.2) is 4.79 Å². The first-order valence-corrected chi connectivity index (χ1v) is 2.77. The Kier molecular flexibility index (Phi) is 3.51. The third-order valence-electron chi connectivity index (χ3n) is 0.890. The highest BCUT2D eigenvalue weighted by Crippen LogP contribution is 1.88. The summed E-state index contributed by atoms with van der Waals surface area (Å²) in [5.74, 6) is 0. The van der Waals surface area contributed by atoms with Gasteiger partial charge in [-0.2, -0.15) is 0 Å². The van der Waals surface area contributed by atoms with Crippen molar-refractivity contribution in [3.63, 3.8) is 0 Å². The van der Waals surface area contributed by atoms with E-state index in [2.05, 4.69) is 11.9 Å². The summed E-state index contributed by atoms with van der Waals surface area (Å²) in [5, 5.41) is 10.5. The molecule has 0 aromatic carbocycles. The van der Waals surface area contributed by atoms with Gasteiger partial charge in [-0.15, -0.1) is 6.58 Å². The normalized spacial score (nSPS) is 12.1. The van der Waals surface area contributed by atoms with E-state index in [-0.39, 0.29) is 6.04 Å². The maximum absolute atomic E-state index is 9.94. The Labute approximate surface area is 54.4 Å². The molecule has 0 radical (unpaired) electrons. The summed E-state index contributed by atoms with van der Waals surface area (Å²) in [4.78, 5) is 9.94. The predicted molar refractivity (Wildman–Crippen MR) is 35.4 cm³/mol. The largest absolute Gasteiger partial charge is 0.465 e. The van der Waals surface area contributed by atoms with Crippen molar-refractivity contribution in [3.8, 4) is 0 Å². The lowest BCUT2D eigenvalue weighted by Gasteiger charge is -2.06. The molecule has 9 heavy (non-hydrogen) atoms. The summed E-state index contributed by atoms with van der Waals surface area (Å²) in [6.07, 6.45) is 1.37. The fraction of sp³-hybridized carbons (Fsp3) is 0.500. The average molecular weight is 129 g/mol. The molecule has 0 saturated carbocycles. The molecule has 2 N–H and O–H groups in total. The molecule has 1 atom stereocenters. The van der Waals surface area contributed by atoms with Gasteiger partial charge in [0.2, 0.25) is 0 Å². The monoisotopic (exact) mass is 129 g/mol. The van der Waals surface area contributed by atoms with Crippen LogP contribution in [0.15, 0.2) is 12.7 Å². The Bertz CT molecular complexity index is 112. The lowest BCUT2D eigenvalue weighted by atomic mass is 10.2. The second-order valence-electron chi connectivity index (χ2n) is 1.87. The quantitative estimate of drug-likeness (QED) is 0.563. The molecule has 0 aromatic rings. The number of carboxylic acid groups (broad SMARTS) is 1. The van der Waals surface area contributed by atoms with E-state index in [0.717, 1.165) is 0 Å². The molecule has 0 saturated heterocycles. The van der Waals surface area contributed by atoms with Crippen LogP contribution in [0, 0.1) is 0 Å². The number of nitrogens with one attached hydrogen (secondary N) is 1. The molecule has 3 nitrogen and oxygen atoms in total. The van der Waals surface area contributed by atoms with Crippen molar-refractivity contribution in [2.24, 2.45) is 0 Å². The molecular formula is C6H11NO2. The number of hydrogen-bond acceptors (Lipinski definition) is 1. The van der Waals surface area contributed by atoms with Gasteiger partial charge in [-0.1, -0.05) is 6.08 Å². The van der Waals surface area contributed by atoms with Gasteiger partial charge in [-0.05, 0) is 13.3 Å². The second kappa shape index (κ2) is 3.95. The number of carbonyl (C=O) groups is 1. The van der Waals surface area contributed by atoms with E-state index in [4.69, 9.17) is 5.11 Å². The van der Waals surface area contributed by atoms with Crippen LogP contribution in [-0.2, 0) is 0 Å². The molecule has 0 bridgehead atoms. The first-order chi connectivity index (χ1) is 4.16. The van der Waals surface area contributed by atoms with E-state index in [1.165, 1.54) is 0 Å². The van der Waals surface area contributed by atoms with E-state index in [1.807, 2.05) is 0 Å². The van der Waals surface area contributed by atoms with Crippen LogP contribution in [0.4, 0.5) is 4.79 Å². The average Bonchev–Trinajstić information content (AvgIpc) is 1.63. The molecule has 0 fully saturated rings. The van der Waals surface area contributed by atoms with Crippen molar-refractivity contribution < 1.29 is 9.90 Å². The third-order valence-corrected chi connectivity index (χ3v) is 0.890. The number of rotatable bonds is 3. The van der Waals surface area contributed by atoms with E-state index in [1.54, 1.807) is 13.0 Å². The molecule has 1 unspecified atom stereocenters. The summed E-state index contributed by atoms with van der Waals surface area (Å²) in [6, 6.07) is -0.0278. The van der Waals surface area contributed by atoms with Crippen LogP contribution in [0.5, 0.6) is 0 Å². The topological polar surface area (TPSA) is 49.3 Å². The molecule has 0 aliphatic heterocycles. The van der Waals surface area contributed by atoms with Gasteiger partial charge in [0.15, 0.2) is 0 Å². The number of hydrogen-bond donors (Lipinski definition) is 2. The zero-order valence-corrected chi connectivity index (χ0v) is 5.42. The van der Waals surface area contributed by atoms with Crippen molar-refractivity contribution in [2.45, 2.75) is 19.4 Å². The molecule has 3 heteroatoms. The fourth-order valence-corrected chi connectivity index (χ4v) is 0.520. The number of amides is 1. The Morgan fingerprint density at radius 3 is 2.89 bits per heavy atom. The summed E-state index contributed by atoms with van der Waals surface area (Å²) in [5.41, 5.74) is 0. The second-order valence-corrected chi connectivity index (χ2v) is 1.87. The predicted octanol–water partition coefficient (Wildman–Crippen LogP) is 1.22. The van der Waals surface area contributed by atoms with Crippen LogP contribution < -0.4 is 5.32 Å². The Balaban J connectivity index is 3.37. The first kappa shape index (κ1) is 8.01. The standard InChI is InChI=1S/C6H11NO2/c1-3-4-5(2)7-6(8)9/h3,5,7H,1,4H2,2H3,(H,8,9). The van der Waals surface area contributed by atoms with Crippen LogP contribution in [0.3, 0.4) is 0 Å². The zero-order valence-electron chi connectivity index (χ0n) is 5.42. The Morgan fingerprint density at radius 2 is 2.56 bits per heavy atom. The minimum atomic E-state index is -0.982. The van der Waals surface area contributed by atoms with Gasteiger partial charge in [0.1, 0.15) is 0 Å². The smallest absolute Gasteiger partial charge is 0.404 e. The van der Waals surface area contributed by atoms with Gasteiger partial charge < -0.3 is 10.4 Å². The molecule has 0 aliphatic carbocycles. The van der Waals surface area contributed by atoms with Crippen molar-refractivity contribution in [1.82, 2.24) is 5.32 Å². The minimum absolute atomic E-state index is 0.0278. The van der Waals surface area contributed by atoms with Gasteiger partial charge in [-0.3, -0.25) is 0 Å². The summed E-state index contributed by atoms with van der Waals surface area (Å²) < 4.78 is 0. The molecule has 52 valence electrons. The van der Waals surface area contributed by atoms with E-state index < -0.39 is 6.09 Å². The highest BCUT2D eigenvalue weighted by molar-refractivity contribution is 5.64. The molecular weight excluding hydrogens is 118 g/mol. The van der Waals surface area contributed by atoms with Crippen molar-refractivity contribution >= 4 is 6.09 Å². The van der Waals surface area contributed by atoms with Crippen molar-refractivity contribution in [2.75, 3.05) is 0 Å². The van der Waals surface area contributed by atoms with Crippen LogP contribution >= 0.6 is 0 Å². The molecule has 0 heterocycles. The van der Waals surface area contributed by atoms with Crippen LogP contribution in [0.25, 0.3) is 0 Å². The Hall–Kier alpha value is -0.990. The molecule has 0 spiro atoms. The first-order valence-electron chi connectivity index (χ1n) is 2.77. The third kappa shape index (κ3) is 4.87. The van der Waals surface area contributed by atoms with Gasteiger partial charge in [0.05, 0.1) is 0 Å². The van der Waals surface area contributed by atoms with Crippen LogP contribution in [0.1, 0.15) is 13.3 Å². The zero-order chi connectivity index (χ0) is 7.28. The maximum atomic E-state index is 9.94.